The van der Waals surface area contributed by atoms with Gasteiger partial charge >= 0.3 is 0 Å². The molecule has 0 aliphatic heterocycles. The third-order valence-corrected chi connectivity index (χ3v) is 6.37. The number of aromatic nitrogens is 3. The molecule has 0 unspecified atom stereocenters. The number of thiazole rings is 1. The van der Waals surface area contributed by atoms with Crippen LogP contribution in [-0.4, -0.2) is 21.1 Å². The molecule has 5 nitrogen and oxygen atoms in total. The van der Waals surface area contributed by atoms with E-state index in [1.165, 1.54) is 28.2 Å². The summed E-state index contributed by atoms with van der Waals surface area (Å²) in [6.07, 6.45) is 0.998. The molecule has 4 rings (SSSR count). The summed E-state index contributed by atoms with van der Waals surface area (Å²) in [6, 6.07) is 18.1. The molecule has 0 bridgehead atoms. The smallest absolute Gasteiger partial charge is 0.269 e. The second-order valence-corrected chi connectivity index (χ2v) is 8.19. The highest BCUT2D eigenvalue weighted by atomic mass is 32.1. The van der Waals surface area contributed by atoms with Crippen molar-refractivity contribution in [3.05, 3.63) is 70.7 Å². The van der Waals surface area contributed by atoms with Crippen molar-refractivity contribution in [3.63, 3.8) is 0 Å². The Labute approximate surface area is 171 Å². The Balaban J connectivity index is 1.52. The van der Waals surface area contributed by atoms with Gasteiger partial charge in [0.2, 0.25) is 5.13 Å². The van der Waals surface area contributed by atoms with E-state index in [0.717, 1.165) is 27.6 Å². The number of benzene rings is 2. The van der Waals surface area contributed by atoms with Crippen LogP contribution in [0.5, 0.6) is 0 Å². The van der Waals surface area contributed by atoms with Crippen molar-refractivity contribution in [2.75, 3.05) is 5.32 Å². The van der Waals surface area contributed by atoms with Gasteiger partial charge in [-0.1, -0.05) is 72.9 Å². The molecule has 0 aliphatic carbocycles. The van der Waals surface area contributed by atoms with Gasteiger partial charge in [0.15, 0.2) is 0 Å². The average molecular weight is 407 g/mol. The highest BCUT2D eigenvalue weighted by molar-refractivity contribution is 7.19. The topological polar surface area (TPSA) is 67.8 Å². The van der Waals surface area contributed by atoms with Crippen LogP contribution in [0.25, 0.3) is 21.1 Å². The number of hydrogen-bond acceptors (Lipinski definition) is 6. The summed E-state index contributed by atoms with van der Waals surface area (Å²) in [5.74, 6) is -0.206. The quantitative estimate of drug-likeness (QED) is 0.478. The molecule has 0 fully saturated rings. The average Bonchev–Trinajstić information content (AvgIpc) is 3.35. The molecule has 1 N–H and O–H groups in total. The molecule has 140 valence electrons. The highest BCUT2D eigenvalue weighted by Crippen LogP contribution is 2.30. The second-order valence-electron chi connectivity index (χ2n) is 6.22. The minimum atomic E-state index is -0.206. The SMILES string of the molecule is CCc1ccc(-c2nc(C)c(C(=O)Nc3nnc(-c4ccccc4)s3)s2)cc1. The van der Waals surface area contributed by atoms with E-state index in [1.807, 2.05) is 37.3 Å². The zero-order valence-corrected chi connectivity index (χ0v) is 17.1. The number of nitrogens with zero attached hydrogens (tertiary/aromatic N) is 3. The number of anilines is 1. The van der Waals surface area contributed by atoms with Crippen LogP contribution in [0, 0.1) is 6.92 Å². The summed E-state index contributed by atoms with van der Waals surface area (Å²) in [5, 5.41) is 13.2. The van der Waals surface area contributed by atoms with Crippen molar-refractivity contribution in [2.45, 2.75) is 20.3 Å². The standard InChI is InChI=1S/C21H18N4OS2/c1-3-14-9-11-16(12-10-14)19-22-13(2)17(27-19)18(26)23-21-25-24-20(28-21)15-7-5-4-6-8-15/h4-12H,3H2,1-2H3,(H,23,25,26). The Morgan fingerprint density at radius 2 is 1.64 bits per heavy atom. The van der Waals surface area contributed by atoms with Gasteiger partial charge in [-0.2, -0.15) is 0 Å². The van der Waals surface area contributed by atoms with E-state index < -0.39 is 0 Å². The first kappa shape index (κ1) is 18.5. The van der Waals surface area contributed by atoms with Crippen LogP contribution in [0.15, 0.2) is 54.6 Å². The molecule has 2 aromatic carbocycles. The van der Waals surface area contributed by atoms with Crippen LogP contribution < -0.4 is 5.32 Å². The van der Waals surface area contributed by atoms with Crippen LogP contribution in [0.3, 0.4) is 0 Å². The lowest BCUT2D eigenvalue weighted by Gasteiger charge is -1.99. The summed E-state index contributed by atoms with van der Waals surface area (Å²) in [5.41, 5.74) is 3.99. The Morgan fingerprint density at radius 1 is 0.929 bits per heavy atom. The lowest BCUT2D eigenvalue weighted by atomic mass is 10.1. The van der Waals surface area contributed by atoms with Crippen molar-refractivity contribution < 1.29 is 4.79 Å². The molecule has 0 spiro atoms. The number of hydrogen-bond donors (Lipinski definition) is 1. The van der Waals surface area contributed by atoms with E-state index in [1.54, 1.807) is 0 Å². The third kappa shape index (κ3) is 3.85. The van der Waals surface area contributed by atoms with Gasteiger partial charge in [0.1, 0.15) is 14.9 Å². The van der Waals surface area contributed by atoms with Gasteiger partial charge in [0, 0.05) is 11.1 Å². The minimum absolute atomic E-state index is 0.206. The molecule has 2 heterocycles. The van der Waals surface area contributed by atoms with Crippen molar-refractivity contribution in [3.8, 4) is 21.1 Å². The molecule has 4 aromatic rings. The van der Waals surface area contributed by atoms with Crippen LogP contribution in [0.4, 0.5) is 5.13 Å². The molecular formula is C21H18N4OS2. The lowest BCUT2D eigenvalue weighted by molar-refractivity contribution is 0.102. The fraction of sp³-hybridized carbons (Fsp3) is 0.143. The predicted octanol–water partition coefficient (Wildman–Crippen LogP) is 5.45. The van der Waals surface area contributed by atoms with Gasteiger partial charge in [-0.3, -0.25) is 10.1 Å². The fourth-order valence-electron chi connectivity index (χ4n) is 2.74. The normalized spacial score (nSPS) is 10.8. The molecule has 0 atom stereocenters. The lowest BCUT2D eigenvalue weighted by Crippen LogP contribution is -2.11. The fourth-order valence-corrected chi connectivity index (χ4v) is 4.45. The molecule has 28 heavy (non-hydrogen) atoms. The largest absolute Gasteiger partial charge is 0.296 e. The van der Waals surface area contributed by atoms with Gasteiger partial charge in [-0.25, -0.2) is 4.98 Å². The van der Waals surface area contributed by atoms with E-state index in [2.05, 4.69) is 51.7 Å². The third-order valence-electron chi connectivity index (χ3n) is 4.28. The maximum Gasteiger partial charge on any atom is 0.269 e. The first-order chi connectivity index (χ1) is 13.6. The zero-order valence-electron chi connectivity index (χ0n) is 15.5. The zero-order chi connectivity index (χ0) is 19.5. The monoisotopic (exact) mass is 406 g/mol. The minimum Gasteiger partial charge on any atom is -0.296 e. The van der Waals surface area contributed by atoms with E-state index in [4.69, 9.17) is 0 Å². The molecule has 7 heteroatoms. The van der Waals surface area contributed by atoms with Crippen molar-refractivity contribution in [1.82, 2.24) is 15.2 Å². The van der Waals surface area contributed by atoms with Gasteiger partial charge in [0.25, 0.3) is 5.91 Å². The van der Waals surface area contributed by atoms with Crippen molar-refractivity contribution >= 4 is 33.7 Å². The number of rotatable bonds is 5. The number of nitrogens with one attached hydrogen (secondary N) is 1. The van der Waals surface area contributed by atoms with Crippen LogP contribution in [0.2, 0.25) is 0 Å². The predicted molar refractivity (Wildman–Crippen MR) is 115 cm³/mol. The number of carbonyl (C=O) groups excluding carboxylic acids is 1. The molecule has 0 aliphatic rings. The van der Waals surface area contributed by atoms with E-state index >= 15 is 0 Å². The molecular weight excluding hydrogens is 388 g/mol. The molecule has 0 saturated heterocycles. The van der Waals surface area contributed by atoms with Gasteiger partial charge in [-0.05, 0) is 18.9 Å². The first-order valence-corrected chi connectivity index (χ1v) is 10.5. The summed E-state index contributed by atoms with van der Waals surface area (Å²) in [7, 11) is 0. The van der Waals surface area contributed by atoms with E-state index in [0.29, 0.717) is 15.7 Å². The highest BCUT2D eigenvalue weighted by Gasteiger charge is 2.18. The van der Waals surface area contributed by atoms with E-state index in [9.17, 15) is 4.79 Å². The van der Waals surface area contributed by atoms with Crippen molar-refractivity contribution in [1.29, 1.82) is 0 Å². The summed E-state index contributed by atoms with van der Waals surface area (Å²) >= 11 is 2.74. The first-order valence-electron chi connectivity index (χ1n) is 8.91. The van der Waals surface area contributed by atoms with Gasteiger partial charge < -0.3 is 0 Å². The molecule has 2 aromatic heterocycles. The summed E-state index contributed by atoms with van der Waals surface area (Å²) < 4.78 is 0. The Kier molecular flexibility index (Phi) is 5.27. The Hall–Kier alpha value is -2.90. The molecule has 0 radical (unpaired) electrons. The maximum atomic E-state index is 12.7. The number of aryl methyl sites for hydroxylation is 2. The Bertz CT molecular complexity index is 1100. The van der Waals surface area contributed by atoms with Crippen LogP contribution >= 0.6 is 22.7 Å². The molecule has 1 amide bonds. The van der Waals surface area contributed by atoms with Gasteiger partial charge in [-0.15, -0.1) is 21.5 Å². The Morgan fingerprint density at radius 3 is 2.36 bits per heavy atom. The van der Waals surface area contributed by atoms with Crippen molar-refractivity contribution in [2.24, 2.45) is 0 Å². The van der Waals surface area contributed by atoms with Crippen LogP contribution in [-0.2, 0) is 6.42 Å². The maximum absolute atomic E-state index is 12.7. The van der Waals surface area contributed by atoms with E-state index in [-0.39, 0.29) is 5.91 Å². The summed E-state index contributed by atoms with van der Waals surface area (Å²) in [6.45, 7) is 3.98. The number of carbonyl (C=O) groups is 1. The number of amides is 1. The summed E-state index contributed by atoms with van der Waals surface area (Å²) in [4.78, 5) is 17.9. The molecule has 0 saturated carbocycles. The van der Waals surface area contributed by atoms with Crippen LogP contribution in [0.1, 0.15) is 27.9 Å². The van der Waals surface area contributed by atoms with Gasteiger partial charge in [0.05, 0.1) is 5.69 Å². The second kappa shape index (κ2) is 8.00.